The van der Waals surface area contributed by atoms with Gasteiger partial charge in [-0.3, -0.25) is 9.48 Å². The monoisotopic (exact) mass is 371 g/mol. The van der Waals surface area contributed by atoms with Crippen LogP contribution in [0.15, 0.2) is 24.3 Å². The maximum atomic E-state index is 12.1. The highest BCUT2D eigenvalue weighted by Gasteiger charge is 2.13. The van der Waals surface area contributed by atoms with Gasteiger partial charge in [-0.15, -0.1) is 0 Å². The van der Waals surface area contributed by atoms with Gasteiger partial charge in [0.15, 0.2) is 0 Å². The van der Waals surface area contributed by atoms with Gasteiger partial charge in [-0.25, -0.2) is 0 Å². The van der Waals surface area contributed by atoms with Crippen molar-refractivity contribution in [3.05, 3.63) is 46.8 Å². The van der Waals surface area contributed by atoms with E-state index in [1.165, 1.54) is 16.8 Å². The molecular formula is C22H33N3O2. The van der Waals surface area contributed by atoms with E-state index in [1.54, 1.807) is 0 Å². The van der Waals surface area contributed by atoms with E-state index >= 15 is 0 Å². The van der Waals surface area contributed by atoms with Crippen molar-refractivity contribution in [1.29, 1.82) is 0 Å². The highest BCUT2D eigenvalue weighted by atomic mass is 16.5. The second kappa shape index (κ2) is 10.1. The minimum atomic E-state index is 0.0842. The molecule has 1 heterocycles. The van der Waals surface area contributed by atoms with E-state index in [1.807, 2.05) is 38.1 Å². The van der Waals surface area contributed by atoms with E-state index in [-0.39, 0.29) is 5.91 Å². The summed E-state index contributed by atoms with van der Waals surface area (Å²) < 4.78 is 7.77. The summed E-state index contributed by atoms with van der Waals surface area (Å²) in [6.45, 7) is 12.7. The van der Waals surface area contributed by atoms with Crippen LogP contribution < -0.4 is 10.1 Å². The Morgan fingerprint density at radius 1 is 1.26 bits per heavy atom. The molecule has 0 aliphatic rings. The molecule has 27 heavy (non-hydrogen) atoms. The maximum Gasteiger partial charge on any atom is 0.220 e. The third-order valence-corrected chi connectivity index (χ3v) is 4.57. The van der Waals surface area contributed by atoms with Crippen molar-refractivity contribution < 1.29 is 9.53 Å². The van der Waals surface area contributed by atoms with Crippen molar-refractivity contribution in [2.75, 3.05) is 13.2 Å². The molecule has 0 bridgehead atoms. The quantitative estimate of drug-likeness (QED) is 0.643. The zero-order valence-electron chi connectivity index (χ0n) is 17.3. The smallest absolute Gasteiger partial charge is 0.220 e. The van der Waals surface area contributed by atoms with Crippen LogP contribution in [0.2, 0.25) is 0 Å². The number of amides is 1. The largest absolute Gasteiger partial charge is 0.494 e. The number of carbonyl (C=O) groups is 1. The highest BCUT2D eigenvalue weighted by molar-refractivity contribution is 5.76. The molecule has 0 spiro atoms. The number of aryl methyl sites for hydroxylation is 2. The Morgan fingerprint density at radius 2 is 2.04 bits per heavy atom. The van der Waals surface area contributed by atoms with Crippen molar-refractivity contribution in [1.82, 2.24) is 15.1 Å². The summed E-state index contributed by atoms with van der Waals surface area (Å²) in [4.78, 5) is 12.1. The minimum Gasteiger partial charge on any atom is -0.494 e. The summed E-state index contributed by atoms with van der Waals surface area (Å²) in [7, 11) is 0. The van der Waals surface area contributed by atoms with Crippen molar-refractivity contribution in [2.45, 2.75) is 60.4 Å². The van der Waals surface area contributed by atoms with Gasteiger partial charge in [-0.05, 0) is 62.8 Å². The first-order valence-corrected chi connectivity index (χ1v) is 9.86. The van der Waals surface area contributed by atoms with Gasteiger partial charge in [0.1, 0.15) is 5.75 Å². The second-order valence-electron chi connectivity index (χ2n) is 7.59. The van der Waals surface area contributed by atoms with Gasteiger partial charge >= 0.3 is 0 Å². The molecule has 0 saturated carbocycles. The molecule has 0 saturated heterocycles. The predicted octanol–water partition coefficient (Wildman–Crippen LogP) is 3.98. The average Bonchev–Trinajstić information content (AvgIpc) is 2.85. The summed E-state index contributed by atoms with van der Waals surface area (Å²) in [5.41, 5.74) is 4.60. The molecule has 5 heteroatoms. The Labute approximate surface area is 163 Å². The SMILES string of the molecule is Cc1cccc(OCCCNC(=O)CCc2c(C)nn(CC(C)C)c2C)c1. The van der Waals surface area contributed by atoms with Gasteiger partial charge < -0.3 is 10.1 Å². The fourth-order valence-electron chi connectivity index (χ4n) is 3.14. The Morgan fingerprint density at radius 3 is 2.74 bits per heavy atom. The lowest BCUT2D eigenvalue weighted by molar-refractivity contribution is -0.121. The van der Waals surface area contributed by atoms with Crippen molar-refractivity contribution in [3.63, 3.8) is 0 Å². The van der Waals surface area contributed by atoms with Gasteiger partial charge in [-0.2, -0.15) is 5.10 Å². The molecule has 1 N–H and O–H groups in total. The van der Waals surface area contributed by atoms with E-state index in [0.29, 0.717) is 25.5 Å². The van der Waals surface area contributed by atoms with Crippen molar-refractivity contribution in [2.24, 2.45) is 5.92 Å². The number of nitrogens with zero attached hydrogens (tertiary/aromatic N) is 2. The van der Waals surface area contributed by atoms with Crippen LogP contribution in [-0.2, 0) is 17.8 Å². The Balaban J connectivity index is 1.68. The fourth-order valence-corrected chi connectivity index (χ4v) is 3.14. The van der Waals surface area contributed by atoms with Crippen molar-refractivity contribution in [3.8, 4) is 5.75 Å². The van der Waals surface area contributed by atoms with Crippen LogP contribution in [0.1, 0.15) is 49.2 Å². The van der Waals surface area contributed by atoms with Crippen LogP contribution in [0, 0.1) is 26.7 Å². The molecule has 0 atom stereocenters. The van der Waals surface area contributed by atoms with E-state index in [0.717, 1.165) is 30.8 Å². The second-order valence-corrected chi connectivity index (χ2v) is 7.59. The zero-order valence-corrected chi connectivity index (χ0v) is 17.3. The molecule has 0 aliphatic heterocycles. The lowest BCUT2D eigenvalue weighted by atomic mass is 10.1. The van der Waals surface area contributed by atoms with Gasteiger partial charge in [0.2, 0.25) is 5.91 Å². The topological polar surface area (TPSA) is 56.1 Å². The Hall–Kier alpha value is -2.30. The van der Waals surface area contributed by atoms with Crippen molar-refractivity contribution >= 4 is 5.91 Å². The number of hydrogen-bond acceptors (Lipinski definition) is 3. The van der Waals surface area contributed by atoms with Crippen LogP contribution in [-0.4, -0.2) is 28.8 Å². The average molecular weight is 372 g/mol. The molecule has 0 unspecified atom stereocenters. The normalized spacial score (nSPS) is 11.0. The number of carbonyl (C=O) groups excluding carboxylic acids is 1. The number of benzene rings is 1. The van der Waals surface area contributed by atoms with E-state index in [9.17, 15) is 4.79 Å². The third-order valence-electron chi connectivity index (χ3n) is 4.57. The molecule has 1 aromatic carbocycles. The summed E-state index contributed by atoms with van der Waals surface area (Å²) in [5, 5.41) is 7.60. The van der Waals surface area contributed by atoms with Gasteiger partial charge in [0, 0.05) is 25.2 Å². The summed E-state index contributed by atoms with van der Waals surface area (Å²) in [6, 6.07) is 8.00. The first-order chi connectivity index (χ1) is 12.9. The van der Waals surface area contributed by atoms with E-state index < -0.39 is 0 Å². The molecule has 2 rings (SSSR count). The first-order valence-electron chi connectivity index (χ1n) is 9.86. The third kappa shape index (κ3) is 6.74. The molecule has 148 valence electrons. The number of ether oxygens (including phenoxy) is 1. The van der Waals surface area contributed by atoms with Crippen LogP contribution in [0.5, 0.6) is 5.75 Å². The maximum absolute atomic E-state index is 12.1. The Kier molecular flexibility index (Phi) is 7.89. The van der Waals surface area contributed by atoms with Crippen LogP contribution in [0.25, 0.3) is 0 Å². The number of aromatic nitrogens is 2. The molecule has 5 nitrogen and oxygen atoms in total. The van der Waals surface area contributed by atoms with Gasteiger partial charge in [0.05, 0.1) is 12.3 Å². The molecule has 0 fully saturated rings. The Bertz CT molecular complexity index is 750. The molecule has 1 aromatic heterocycles. The molecular weight excluding hydrogens is 338 g/mol. The summed E-state index contributed by atoms with van der Waals surface area (Å²) in [6.07, 6.45) is 2.03. The minimum absolute atomic E-state index is 0.0842. The van der Waals surface area contributed by atoms with Crippen LogP contribution in [0.3, 0.4) is 0 Å². The molecule has 2 aromatic rings. The lowest BCUT2D eigenvalue weighted by Gasteiger charge is -2.09. The van der Waals surface area contributed by atoms with E-state index in [4.69, 9.17) is 4.74 Å². The summed E-state index contributed by atoms with van der Waals surface area (Å²) >= 11 is 0. The molecule has 0 aliphatic carbocycles. The highest BCUT2D eigenvalue weighted by Crippen LogP contribution is 2.16. The first kappa shape index (κ1) is 21.0. The lowest BCUT2D eigenvalue weighted by Crippen LogP contribution is -2.25. The molecule has 1 amide bonds. The number of rotatable bonds is 10. The fraction of sp³-hybridized carbons (Fsp3) is 0.545. The molecule has 0 radical (unpaired) electrons. The predicted molar refractivity (Wildman–Crippen MR) is 109 cm³/mol. The van der Waals surface area contributed by atoms with E-state index in [2.05, 4.69) is 35.9 Å². The van der Waals surface area contributed by atoms with Gasteiger partial charge in [-0.1, -0.05) is 26.0 Å². The van der Waals surface area contributed by atoms with Crippen LogP contribution in [0.4, 0.5) is 0 Å². The summed E-state index contributed by atoms with van der Waals surface area (Å²) in [5.74, 6) is 1.52. The standard InChI is InChI=1S/C22H33N3O2/c1-16(2)15-25-19(5)21(18(4)24-25)10-11-22(26)23-12-7-13-27-20-9-6-8-17(3)14-20/h6,8-9,14,16H,7,10-13,15H2,1-5H3,(H,23,26). The van der Waals surface area contributed by atoms with Crippen LogP contribution >= 0.6 is 0 Å². The number of hydrogen-bond donors (Lipinski definition) is 1. The number of nitrogens with one attached hydrogen (secondary N) is 1. The van der Waals surface area contributed by atoms with Gasteiger partial charge in [0.25, 0.3) is 0 Å². The zero-order chi connectivity index (χ0) is 19.8.